The summed E-state index contributed by atoms with van der Waals surface area (Å²) in [5, 5.41) is 0. The Morgan fingerprint density at radius 3 is 2.71 bits per heavy atom. The monoisotopic (exact) mass is 239 g/mol. The van der Waals surface area contributed by atoms with Crippen molar-refractivity contribution in [2.75, 3.05) is 6.54 Å². The second kappa shape index (κ2) is 5.07. The fraction of sp³-hybridized carbons (Fsp3) is 0.846. The fourth-order valence-corrected chi connectivity index (χ4v) is 2.96. The van der Waals surface area contributed by atoms with E-state index in [9.17, 15) is 9.59 Å². The molecular weight excluding hydrogens is 218 g/mol. The molecule has 0 aromatic carbocycles. The Bertz CT molecular complexity index is 314. The summed E-state index contributed by atoms with van der Waals surface area (Å²) >= 11 is 0. The van der Waals surface area contributed by atoms with E-state index in [0.717, 1.165) is 32.2 Å². The number of carbonyl (C=O) groups is 2. The number of ether oxygens (including phenoxy) is 1. The lowest BCUT2D eigenvalue weighted by molar-refractivity contribution is -0.122. The maximum absolute atomic E-state index is 11.9. The molecule has 0 aromatic heterocycles. The van der Waals surface area contributed by atoms with E-state index in [1.807, 2.05) is 13.8 Å². The van der Waals surface area contributed by atoms with Crippen molar-refractivity contribution >= 4 is 11.9 Å². The van der Waals surface area contributed by atoms with Gasteiger partial charge in [0.1, 0.15) is 5.78 Å². The van der Waals surface area contributed by atoms with E-state index in [1.165, 1.54) is 0 Å². The smallest absolute Gasteiger partial charge is 0.410 e. The highest BCUT2D eigenvalue weighted by molar-refractivity contribution is 5.84. The molecule has 2 unspecified atom stereocenters. The molecule has 1 saturated carbocycles. The Hall–Kier alpha value is -1.06. The van der Waals surface area contributed by atoms with Crippen molar-refractivity contribution in [3.63, 3.8) is 0 Å². The molecule has 0 aromatic rings. The predicted molar refractivity (Wildman–Crippen MR) is 63.7 cm³/mol. The highest BCUT2D eigenvalue weighted by atomic mass is 16.6. The Balaban J connectivity index is 2.01. The Morgan fingerprint density at radius 2 is 2.12 bits per heavy atom. The van der Waals surface area contributed by atoms with E-state index in [-0.39, 0.29) is 24.2 Å². The Kier molecular flexibility index (Phi) is 3.69. The largest absolute Gasteiger partial charge is 0.447 e. The quantitative estimate of drug-likeness (QED) is 0.743. The van der Waals surface area contributed by atoms with E-state index in [4.69, 9.17) is 4.74 Å². The summed E-state index contributed by atoms with van der Waals surface area (Å²) in [4.78, 5) is 25.5. The molecule has 17 heavy (non-hydrogen) atoms. The number of rotatable bonds is 2. The van der Waals surface area contributed by atoms with Crippen LogP contribution in [0.25, 0.3) is 0 Å². The molecule has 2 aliphatic rings. The van der Waals surface area contributed by atoms with Crippen LogP contribution in [-0.4, -0.2) is 35.5 Å². The lowest BCUT2D eigenvalue weighted by atomic mass is 9.95. The molecule has 4 heteroatoms. The number of nitrogens with zero attached hydrogens (tertiary/aromatic N) is 1. The molecule has 1 amide bonds. The third-order valence-electron chi connectivity index (χ3n) is 3.69. The number of hydrogen-bond acceptors (Lipinski definition) is 3. The van der Waals surface area contributed by atoms with E-state index >= 15 is 0 Å². The van der Waals surface area contributed by atoms with Crippen molar-refractivity contribution < 1.29 is 14.3 Å². The van der Waals surface area contributed by atoms with Gasteiger partial charge in [-0.15, -0.1) is 0 Å². The van der Waals surface area contributed by atoms with Crippen LogP contribution < -0.4 is 0 Å². The SMILES string of the molecule is CC(C)OC(=O)N1CCCC1C1CCCC1=O. The third kappa shape index (κ3) is 2.61. The molecule has 0 radical (unpaired) electrons. The molecular formula is C13H21NO3. The molecule has 2 rings (SSSR count). The van der Waals surface area contributed by atoms with Gasteiger partial charge >= 0.3 is 6.09 Å². The minimum atomic E-state index is -0.248. The first-order valence-electron chi connectivity index (χ1n) is 6.59. The minimum absolute atomic E-state index is 0.0669. The number of likely N-dealkylation sites (tertiary alicyclic amines) is 1. The van der Waals surface area contributed by atoms with Gasteiger partial charge in [0.05, 0.1) is 6.10 Å². The maximum atomic E-state index is 11.9. The zero-order valence-corrected chi connectivity index (χ0v) is 10.6. The molecule has 0 N–H and O–H groups in total. The number of hydrogen-bond donors (Lipinski definition) is 0. The van der Waals surface area contributed by atoms with Crippen LogP contribution in [0.3, 0.4) is 0 Å². The fourth-order valence-electron chi connectivity index (χ4n) is 2.96. The molecule has 2 atom stereocenters. The summed E-state index contributed by atoms with van der Waals surface area (Å²) < 4.78 is 5.23. The van der Waals surface area contributed by atoms with Gasteiger partial charge in [0.2, 0.25) is 0 Å². The second-order valence-electron chi connectivity index (χ2n) is 5.30. The van der Waals surface area contributed by atoms with Crippen molar-refractivity contribution in [3.8, 4) is 0 Å². The molecule has 1 heterocycles. The molecule has 0 spiro atoms. The average Bonchev–Trinajstić information content (AvgIpc) is 2.83. The highest BCUT2D eigenvalue weighted by Crippen LogP contribution is 2.33. The van der Waals surface area contributed by atoms with Gasteiger partial charge in [-0.25, -0.2) is 4.79 Å². The number of ketones is 1. The van der Waals surface area contributed by atoms with Crippen molar-refractivity contribution in [2.45, 2.75) is 58.1 Å². The highest BCUT2D eigenvalue weighted by Gasteiger charge is 2.40. The van der Waals surface area contributed by atoms with Gasteiger partial charge in [-0.3, -0.25) is 4.79 Å². The van der Waals surface area contributed by atoms with Crippen molar-refractivity contribution in [3.05, 3.63) is 0 Å². The standard InChI is InChI=1S/C13H21NO3/c1-9(2)17-13(16)14-8-4-6-11(14)10-5-3-7-12(10)15/h9-11H,3-8H2,1-2H3. The van der Waals surface area contributed by atoms with Crippen molar-refractivity contribution in [1.29, 1.82) is 0 Å². The third-order valence-corrected chi connectivity index (χ3v) is 3.69. The second-order valence-corrected chi connectivity index (χ2v) is 5.30. The first-order chi connectivity index (χ1) is 8.09. The van der Waals surface area contributed by atoms with Crippen molar-refractivity contribution in [1.82, 2.24) is 4.90 Å². The molecule has 1 aliphatic carbocycles. The number of carbonyl (C=O) groups excluding carboxylic acids is 2. The molecule has 2 fully saturated rings. The van der Waals surface area contributed by atoms with Gasteiger partial charge in [-0.1, -0.05) is 0 Å². The van der Waals surface area contributed by atoms with Gasteiger partial charge in [-0.2, -0.15) is 0 Å². The summed E-state index contributed by atoms with van der Waals surface area (Å²) in [6.45, 7) is 4.44. The lowest BCUT2D eigenvalue weighted by Gasteiger charge is -2.28. The van der Waals surface area contributed by atoms with E-state index in [2.05, 4.69) is 0 Å². The normalized spacial score (nSPS) is 29.1. The zero-order valence-electron chi connectivity index (χ0n) is 10.6. The van der Waals surface area contributed by atoms with E-state index < -0.39 is 0 Å². The van der Waals surface area contributed by atoms with Crippen LogP contribution in [0.15, 0.2) is 0 Å². The van der Waals surface area contributed by atoms with E-state index in [1.54, 1.807) is 4.90 Å². The van der Waals surface area contributed by atoms with Gasteiger partial charge in [0.25, 0.3) is 0 Å². The summed E-state index contributed by atoms with van der Waals surface area (Å²) in [6, 6.07) is 0.0937. The van der Waals surface area contributed by atoms with Crippen LogP contribution in [0.5, 0.6) is 0 Å². The van der Waals surface area contributed by atoms with Crippen LogP contribution in [0, 0.1) is 5.92 Å². The van der Waals surface area contributed by atoms with Crippen molar-refractivity contribution in [2.24, 2.45) is 5.92 Å². The first-order valence-corrected chi connectivity index (χ1v) is 6.59. The number of Topliss-reactive ketones (excluding diaryl/α,β-unsaturated/α-hetero) is 1. The first kappa shape index (κ1) is 12.4. The lowest BCUT2D eigenvalue weighted by Crippen LogP contribution is -2.42. The molecule has 0 bridgehead atoms. The Labute approximate surface area is 102 Å². The summed E-state index contributed by atoms with van der Waals surface area (Å²) in [5.41, 5.74) is 0. The van der Waals surface area contributed by atoms with Gasteiger partial charge < -0.3 is 9.64 Å². The number of amides is 1. The average molecular weight is 239 g/mol. The van der Waals surface area contributed by atoms with Crippen LogP contribution >= 0.6 is 0 Å². The van der Waals surface area contributed by atoms with Gasteiger partial charge in [-0.05, 0) is 39.5 Å². The molecule has 4 nitrogen and oxygen atoms in total. The van der Waals surface area contributed by atoms with E-state index in [0.29, 0.717) is 12.2 Å². The van der Waals surface area contributed by atoms with Crippen LogP contribution in [0.2, 0.25) is 0 Å². The van der Waals surface area contributed by atoms with Crippen LogP contribution in [0.1, 0.15) is 46.0 Å². The summed E-state index contributed by atoms with van der Waals surface area (Å²) in [7, 11) is 0. The topological polar surface area (TPSA) is 46.6 Å². The van der Waals surface area contributed by atoms with Crippen LogP contribution in [-0.2, 0) is 9.53 Å². The zero-order chi connectivity index (χ0) is 12.4. The van der Waals surface area contributed by atoms with Gasteiger partial charge in [0.15, 0.2) is 0 Å². The van der Waals surface area contributed by atoms with Crippen LogP contribution in [0.4, 0.5) is 4.79 Å². The summed E-state index contributed by atoms with van der Waals surface area (Å²) in [5.74, 6) is 0.399. The van der Waals surface area contributed by atoms with Gasteiger partial charge in [0, 0.05) is 24.9 Å². The molecule has 1 saturated heterocycles. The minimum Gasteiger partial charge on any atom is -0.447 e. The maximum Gasteiger partial charge on any atom is 0.410 e. The Morgan fingerprint density at radius 1 is 1.35 bits per heavy atom. The molecule has 96 valence electrons. The summed E-state index contributed by atoms with van der Waals surface area (Å²) in [6.07, 6.45) is 4.20. The molecule has 1 aliphatic heterocycles. The predicted octanol–water partition coefficient (Wildman–Crippen LogP) is 2.37.